The summed E-state index contributed by atoms with van der Waals surface area (Å²) in [7, 11) is 0. The summed E-state index contributed by atoms with van der Waals surface area (Å²) in [5.41, 5.74) is 5.12. The van der Waals surface area contributed by atoms with Crippen LogP contribution < -0.4 is 5.73 Å². The fraction of sp³-hybridized carbons (Fsp3) is 0.400. The molecule has 1 aromatic heterocycles. The predicted octanol–water partition coefficient (Wildman–Crippen LogP) is 1.58. The molecule has 1 heterocycles. The van der Waals surface area contributed by atoms with Crippen molar-refractivity contribution in [3.05, 3.63) is 18.2 Å². The van der Waals surface area contributed by atoms with E-state index in [1.54, 1.807) is 0 Å². The Morgan fingerprint density at radius 2 is 2.08 bits per heavy atom. The predicted molar refractivity (Wildman–Crippen MR) is 45.9 cm³/mol. The summed E-state index contributed by atoms with van der Waals surface area (Å²) >= 11 is 0. The van der Waals surface area contributed by atoms with Crippen molar-refractivity contribution in [2.45, 2.75) is 13.1 Å². The molecule has 0 aliphatic heterocycles. The molecule has 7 heteroatoms. The average molecular weight is 220 g/mol. The van der Waals surface area contributed by atoms with E-state index < -0.39 is 6.55 Å². The standard InChI is InChI=1S/C5H7F2N3.2ClH/c6-5(7)10-2-1-9-4(10)3-8;;/h1-2,5H,3,8H2;2*1H. The quantitative estimate of drug-likeness (QED) is 0.822. The third-order valence-corrected chi connectivity index (χ3v) is 1.14. The van der Waals surface area contributed by atoms with E-state index in [9.17, 15) is 8.78 Å². The molecule has 3 nitrogen and oxygen atoms in total. The molecule has 0 saturated carbocycles. The Labute approximate surface area is 80.8 Å². The van der Waals surface area contributed by atoms with Crippen LogP contribution in [0.5, 0.6) is 0 Å². The minimum atomic E-state index is -2.54. The molecule has 0 aliphatic rings. The summed E-state index contributed by atoms with van der Waals surface area (Å²) < 4.78 is 24.6. The first-order chi connectivity index (χ1) is 4.75. The monoisotopic (exact) mass is 219 g/mol. The van der Waals surface area contributed by atoms with Gasteiger partial charge in [-0.05, 0) is 0 Å². The molecule has 0 bridgehead atoms. The van der Waals surface area contributed by atoms with Crippen molar-refractivity contribution in [2.75, 3.05) is 0 Å². The lowest BCUT2D eigenvalue weighted by Crippen LogP contribution is -2.08. The summed E-state index contributed by atoms with van der Waals surface area (Å²) in [5, 5.41) is 0. The minimum Gasteiger partial charge on any atom is -0.324 e. The van der Waals surface area contributed by atoms with Crippen molar-refractivity contribution in [1.82, 2.24) is 9.55 Å². The Kier molecular flexibility index (Phi) is 7.27. The molecule has 0 spiro atoms. The molecule has 1 aromatic rings. The van der Waals surface area contributed by atoms with E-state index in [-0.39, 0.29) is 37.2 Å². The van der Waals surface area contributed by atoms with Gasteiger partial charge in [0.05, 0.1) is 6.54 Å². The first-order valence-corrected chi connectivity index (χ1v) is 2.75. The maximum Gasteiger partial charge on any atom is 0.319 e. The smallest absolute Gasteiger partial charge is 0.319 e. The topological polar surface area (TPSA) is 43.8 Å². The highest BCUT2D eigenvalue weighted by atomic mass is 35.5. The van der Waals surface area contributed by atoms with Gasteiger partial charge in [-0.15, -0.1) is 24.8 Å². The largest absolute Gasteiger partial charge is 0.324 e. The third kappa shape index (κ3) is 2.92. The normalized spacial score (nSPS) is 9.00. The molecule has 72 valence electrons. The number of rotatable bonds is 2. The van der Waals surface area contributed by atoms with Gasteiger partial charge < -0.3 is 5.73 Å². The fourth-order valence-electron chi connectivity index (χ4n) is 0.680. The highest BCUT2D eigenvalue weighted by Gasteiger charge is 2.08. The molecule has 2 N–H and O–H groups in total. The molecule has 0 aliphatic carbocycles. The van der Waals surface area contributed by atoms with Gasteiger partial charge in [0.15, 0.2) is 0 Å². The number of alkyl halides is 2. The zero-order chi connectivity index (χ0) is 7.56. The van der Waals surface area contributed by atoms with E-state index in [1.807, 2.05) is 0 Å². The summed E-state index contributed by atoms with van der Waals surface area (Å²) in [5.74, 6) is 0.204. The molecule has 12 heavy (non-hydrogen) atoms. The van der Waals surface area contributed by atoms with Crippen LogP contribution in [0.15, 0.2) is 12.4 Å². The maximum atomic E-state index is 11.9. The summed E-state index contributed by atoms with van der Waals surface area (Å²) in [6, 6.07) is 0. The molecule has 0 saturated heterocycles. The van der Waals surface area contributed by atoms with E-state index in [0.29, 0.717) is 0 Å². The van der Waals surface area contributed by atoms with Gasteiger partial charge in [-0.2, -0.15) is 8.78 Å². The number of imidazole rings is 1. The summed E-state index contributed by atoms with van der Waals surface area (Å²) in [6.07, 6.45) is 2.50. The van der Waals surface area contributed by atoms with Gasteiger partial charge in [-0.3, -0.25) is 4.57 Å². The lowest BCUT2D eigenvalue weighted by Gasteiger charge is -2.02. The Bertz CT molecular complexity index is 216. The Hall–Kier alpha value is -0.390. The van der Waals surface area contributed by atoms with Gasteiger partial charge in [0.25, 0.3) is 0 Å². The number of hydrogen-bond donors (Lipinski definition) is 1. The Morgan fingerprint density at radius 3 is 2.42 bits per heavy atom. The van der Waals surface area contributed by atoms with Gasteiger partial charge in [-0.1, -0.05) is 0 Å². The molecular formula is C5H9Cl2F2N3. The van der Waals surface area contributed by atoms with Gasteiger partial charge >= 0.3 is 6.55 Å². The Morgan fingerprint density at radius 1 is 1.50 bits per heavy atom. The zero-order valence-electron chi connectivity index (χ0n) is 5.98. The van der Waals surface area contributed by atoms with Crippen molar-refractivity contribution in [2.24, 2.45) is 5.73 Å². The highest BCUT2D eigenvalue weighted by molar-refractivity contribution is 5.85. The first-order valence-electron chi connectivity index (χ1n) is 2.75. The minimum absolute atomic E-state index is 0. The van der Waals surface area contributed by atoms with Crippen molar-refractivity contribution in [3.63, 3.8) is 0 Å². The fourth-order valence-corrected chi connectivity index (χ4v) is 0.680. The third-order valence-electron chi connectivity index (χ3n) is 1.14. The molecule has 0 fully saturated rings. The average Bonchev–Trinajstić information content (AvgIpc) is 2.33. The van der Waals surface area contributed by atoms with Crippen LogP contribution >= 0.6 is 24.8 Å². The number of halogens is 4. The molecule has 0 unspecified atom stereocenters. The van der Waals surface area contributed by atoms with Gasteiger partial charge in [0, 0.05) is 12.4 Å². The second-order valence-electron chi connectivity index (χ2n) is 1.73. The van der Waals surface area contributed by atoms with Crippen molar-refractivity contribution >= 4 is 24.8 Å². The lowest BCUT2D eigenvalue weighted by atomic mass is 10.6. The van der Waals surface area contributed by atoms with Crippen LogP contribution in [0.25, 0.3) is 0 Å². The van der Waals surface area contributed by atoms with Crippen molar-refractivity contribution in [3.8, 4) is 0 Å². The number of nitrogens with zero attached hydrogens (tertiary/aromatic N) is 2. The number of hydrogen-bond acceptors (Lipinski definition) is 2. The van der Waals surface area contributed by atoms with Crippen LogP contribution in [-0.2, 0) is 6.54 Å². The molecule has 1 rings (SSSR count). The summed E-state index contributed by atoms with van der Waals surface area (Å²) in [4.78, 5) is 3.61. The SMILES string of the molecule is Cl.Cl.NCc1nccn1C(F)F. The van der Waals surface area contributed by atoms with E-state index in [0.717, 1.165) is 4.57 Å². The molecule has 0 aromatic carbocycles. The van der Waals surface area contributed by atoms with E-state index in [2.05, 4.69) is 4.98 Å². The van der Waals surface area contributed by atoms with Crippen molar-refractivity contribution in [1.29, 1.82) is 0 Å². The Balaban J connectivity index is 0. The van der Waals surface area contributed by atoms with Crippen LogP contribution in [0.3, 0.4) is 0 Å². The molecule has 0 atom stereocenters. The first kappa shape index (κ1) is 14.2. The lowest BCUT2D eigenvalue weighted by molar-refractivity contribution is 0.0671. The van der Waals surface area contributed by atoms with E-state index in [1.165, 1.54) is 12.4 Å². The second-order valence-corrected chi connectivity index (χ2v) is 1.73. The zero-order valence-corrected chi connectivity index (χ0v) is 7.62. The number of aromatic nitrogens is 2. The van der Waals surface area contributed by atoms with Crippen LogP contribution in [0.4, 0.5) is 8.78 Å². The molecule has 0 amide bonds. The van der Waals surface area contributed by atoms with Crippen LogP contribution in [-0.4, -0.2) is 9.55 Å². The summed E-state index contributed by atoms with van der Waals surface area (Å²) in [6.45, 7) is -2.50. The van der Waals surface area contributed by atoms with Gasteiger partial charge in [0.1, 0.15) is 5.82 Å². The number of nitrogens with two attached hydrogens (primary N) is 1. The van der Waals surface area contributed by atoms with E-state index in [4.69, 9.17) is 5.73 Å². The van der Waals surface area contributed by atoms with Crippen LogP contribution in [0.1, 0.15) is 12.4 Å². The molecular weight excluding hydrogens is 211 g/mol. The van der Waals surface area contributed by atoms with E-state index >= 15 is 0 Å². The van der Waals surface area contributed by atoms with Gasteiger partial charge in [-0.25, -0.2) is 4.98 Å². The molecule has 0 radical (unpaired) electrons. The second kappa shape index (κ2) is 6.16. The highest BCUT2D eigenvalue weighted by Crippen LogP contribution is 2.11. The van der Waals surface area contributed by atoms with Crippen LogP contribution in [0, 0.1) is 0 Å². The van der Waals surface area contributed by atoms with Crippen molar-refractivity contribution < 1.29 is 8.78 Å². The van der Waals surface area contributed by atoms with Gasteiger partial charge in [0.2, 0.25) is 0 Å². The maximum absolute atomic E-state index is 11.9. The van der Waals surface area contributed by atoms with Crippen LogP contribution in [0.2, 0.25) is 0 Å².